The third-order valence-electron chi connectivity index (χ3n) is 4.51. The number of aryl methyl sites for hydroxylation is 1. The standard InChI is InChI=1S/C22H18N4O3/c1-13-3-2-4-17-20(13)25-21(24-17)15-6-8-16(9-7-15)22(29)26-23-12-14-5-10-18(27)19(28)11-14/h2-12,27-28H,1H3,(H,24,25)(H,26,29)/b23-12+. The number of hydrogen-bond acceptors (Lipinski definition) is 5. The Kier molecular flexibility index (Phi) is 4.70. The van der Waals surface area contributed by atoms with Gasteiger partial charge in [-0.2, -0.15) is 5.10 Å². The monoisotopic (exact) mass is 386 g/mol. The molecule has 4 aromatic rings. The molecule has 0 fully saturated rings. The van der Waals surface area contributed by atoms with Crippen molar-refractivity contribution in [3.05, 3.63) is 77.4 Å². The predicted molar refractivity (Wildman–Crippen MR) is 111 cm³/mol. The van der Waals surface area contributed by atoms with E-state index in [9.17, 15) is 15.0 Å². The number of nitrogens with zero attached hydrogens (tertiary/aromatic N) is 2. The van der Waals surface area contributed by atoms with Crippen LogP contribution in [0.5, 0.6) is 11.5 Å². The highest BCUT2D eigenvalue weighted by molar-refractivity contribution is 5.95. The van der Waals surface area contributed by atoms with E-state index in [1.807, 2.05) is 37.3 Å². The van der Waals surface area contributed by atoms with Gasteiger partial charge in [-0.05, 0) is 54.4 Å². The van der Waals surface area contributed by atoms with Crippen molar-refractivity contribution in [1.29, 1.82) is 0 Å². The lowest BCUT2D eigenvalue weighted by atomic mass is 10.1. The largest absolute Gasteiger partial charge is 0.504 e. The Morgan fingerprint density at radius 2 is 1.86 bits per heavy atom. The van der Waals surface area contributed by atoms with E-state index < -0.39 is 0 Å². The van der Waals surface area contributed by atoms with Crippen LogP contribution in [0.1, 0.15) is 21.5 Å². The van der Waals surface area contributed by atoms with Crippen LogP contribution in [-0.4, -0.2) is 32.3 Å². The number of aromatic nitrogens is 2. The number of rotatable bonds is 4. The van der Waals surface area contributed by atoms with Crippen molar-refractivity contribution in [2.45, 2.75) is 6.92 Å². The van der Waals surface area contributed by atoms with Crippen molar-refractivity contribution in [1.82, 2.24) is 15.4 Å². The molecule has 1 heterocycles. The van der Waals surface area contributed by atoms with Crippen LogP contribution < -0.4 is 5.43 Å². The molecule has 0 aliphatic carbocycles. The number of phenolic OH excluding ortho intramolecular Hbond substituents is 2. The van der Waals surface area contributed by atoms with Crippen molar-refractivity contribution in [3.63, 3.8) is 0 Å². The number of fused-ring (bicyclic) bond motifs is 1. The summed E-state index contributed by atoms with van der Waals surface area (Å²) in [5.41, 5.74) is 7.29. The molecule has 0 radical (unpaired) electrons. The van der Waals surface area contributed by atoms with E-state index in [0.717, 1.165) is 28.0 Å². The molecule has 7 heteroatoms. The minimum absolute atomic E-state index is 0.217. The first-order chi connectivity index (χ1) is 14.0. The lowest BCUT2D eigenvalue weighted by Gasteiger charge is -2.02. The number of H-pyrrole nitrogens is 1. The van der Waals surface area contributed by atoms with Gasteiger partial charge in [0.2, 0.25) is 0 Å². The van der Waals surface area contributed by atoms with Gasteiger partial charge in [-0.15, -0.1) is 0 Å². The summed E-state index contributed by atoms with van der Waals surface area (Å²) in [5, 5.41) is 22.6. The Hall–Kier alpha value is -4.13. The minimum Gasteiger partial charge on any atom is -0.504 e. The maximum atomic E-state index is 12.3. The average molecular weight is 386 g/mol. The SMILES string of the molecule is Cc1cccc2[nH]c(-c3ccc(C(=O)N/N=C/c4ccc(O)c(O)c4)cc3)nc12. The van der Waals surface area contributed by atoms with Crippen LogP contribution in [-0.2, 0) is 0 Å². The van der Waals surface area contributed by atoms with Crippen molar-refractivity contribution >= 4 is 23.2 Å². The minimum atomic E-state index is -0.365. The molecule has 3 aromatic carbocycles. The zero-order chi connectivity index (χ0) is 20.4. The number of carbonyl (C=O) groups excluding carboxylic acids is 1. The average Bonchev–Trinajstić information content (AvgIpc) is 3.16. The summed E-state index contributed by atoms with van der Waals surface area (Å²) in [6.07, 6.45) is 1.38. The van der Waals surface area contributed by atoms with Crippen LogP contribution in [0.15, 0.2) is 65.8 Å². The summed E-state index contributed by atoms with van der Waals surface area (Å²) in [7, 11) is 0. The van der Waals surface area contributed by atoms with Gasteiger partial charge >= 0.3 is 0 Å². The number of aromatic hydroxyl groups is 2. The predicted octanol–water partition coefficient (Wildman–Crippen LogP) is 3.71. The zero-order valence-corrected chi connectivity index (χ0v) is 15.5. The second-order valence-electron chi connectivity index (χ2n) is 6.58. The Labute approximate surface area is 166 Å². The first-order valence-corrected chi connectivity index (χ1v) is 8.92. The van der Waals surface area contributed by atoms with E-state index >= 15 is 0 Å². The van der Waals surface area contributed by atoms with Crippen LogP contribution in [0.4, 0.5) is 0 Å². The molecule has 0 bridgehead atoms. The smallest absolute Gasteiger partial charge is 0.271 e. The fraction of sp³-hybridized carbons (Fsp3) is 0.0455. The summed E-state index contributed by atoms with van der Waals surface area (Å²) in [6.45, 7) is 2.01. The van der Waals surface area contributed by atoms with Gasteiger partial charge in [0.15, 0.2) is 11.5 Å². The molecule has 0 spiro atoms. The van der Waals surface area contributed by atoms with Gasteiger partial charge in [0.05, 0.1) is 17.2 Å². The van der Waals surface area contributed by atoms with Crippen molar-refractivity contribution in [2.24, 2.45) is 5.10 Å². The van der Waals surface area contributed by atoms with Crippen LogP contribution >= 0.6 is 0 Å². The molecule has 4 rings (SSSR count). The molecule has 0 aliphatic rings. The molecule has 1 amide bonds. The molecule has 29 heavy (non-hydrogen) atoms. The quantitative estimate of drug-likeness (QED) is 0.243. The lowest BCUT2D eigenvalue weighted by molar-refractivity contribution is 0.0955. The summed E-state index contributed by atoms with van der Waals surface area (Å²) in [4.78, 5) is 20.2. The van der Waals surface area contributed by atoms with Gasteiger partial charge in [0.25, 0.3) is 5.91 Å². The maximum Gasteiger partial charge on any atom is 0.271 e. The molecular weight excluding hydrogens is 368 g/mol. The van der Waals surface area contributed by atoms with Gasteiger partial charge in [-0.1, -0.05) is 24.3 Å². The van der Waals surface area contributed by atoms with E-state index in [1.54, 1.807) is 18.2 Å². The molecule has 144 valence electrons. The number of aromatic amines is 1. The van der Waals surface area contributed by atoms with Gasteiger partial charge in [0, 0.05) is 11.1 Å². The number of amides is 1. The number of nitrogens with one attached hydrogen (secondary N) is 2. The second kappa shape index (κ2) is 7.47. The molecule has 0 atom stereocenters. The number of carbonyl (C=O) groups is 1. The normalized spacial score (nSPS) is 11.2. The van der Waals surface area contributed by atoms with Crippen molar-refractivity contribution in [2.75, 3.05) is 0 Å². The molecule has 4 N–H and O–H groups in total. The van der Waals surface area contributed by atoms with Gasteiger partial charge < -0.3 is 15.2 Å². The molecule has 0 aliphatic heterocycles. The van der Waals surface area contributed by atoms with E-state index in [2.05, 4.69) is 20.5 Å². The van der Waals surface area contributed by atoms with E-state index in [4.69, 9.17) is 0 Å². The highest BCUT2D eigenvalue weighted by atomic mass is 16.3. The van der Waals surface area contributed by atoms with E-state index in [-0.39, 0.29) is 17.4 Å². The summed E-state index contributed by atoms with van der Waals surface area (Å²) in [5.74, 6) is -0.0924. The maximum absolute atomic E-state index is 12.3. The van der Waals surface area contributed by atoms with E-state index in [0.29, 0.717) is 11.1 Å². The van der Waals surface area contributed by atoms with Crippen LogP contribution in [0, 0.1) is 6.92 Å². The molecular formula is C22H18N4O3. The number of hydrogen-bond donors (Lipinski definition) is 4. The first kappa shape index (κ1) is 18.2. The highest BCUT2D eigenvalue weighted by Gasteiger charge is 2.09. The Morgan fingerprint density at radius 1 is 1.07 bits per heavy atom. The number of imidazole rings is 1. The van der Waals surface area contributed by atoms with Crippen molar-refractivity contribution < 1.29 is 15.0 Å². The molecule has 0 unspecified atom stereocenters. The zero-order valence-electron chi connectivity index (χ0n) is 15.5. The van der Waals surface area contributed by atoms with E-state index in [1.165, 1.54) is 18.3 Å². The van der Waals surface area contributed by atoms with Crippen LogP contribution in [0.25, 0.3) is 22.4 Å². The summed E-state index contributed by atoms with van der Waals surface area (Å²) in [6, 6.07) is 17.3. The first-order valence-electron chi connectivity index (χ1n) is 8.92. The van der Waals surface area contributed by atoms with Gasteiger partial charge in [0.1, 0.15) is 5.82 Å². The highest BCUT2D eigenvalue weighted by Crippen LogP contribution is 2.24. The second-order valence-corrected chi connectivity index (χ2v) is 6.58. The summed E-state index contributed by atoms with van der Waals surface area (Å²) < 4.78 is 0. The lowest BCUT2D eigenvalue weighted by Crippen LogP contribution is -2.17. The third-order valence-corrected chi connectivity index (χ3v) is 4.51. The number of hydrazone groups is 1. The Morgan fingerprint density at radius 3 is 2.59 bits per heavy atom. The number of phenols is 2. The number of benzene rings is 3. The molecule has 0 saturated heterocycles. The Balaban J connectivity index is 1.46. The Bertz CT molecular complexity index is 1230. The van der Waals surface area contributed by atoms with Crippen molar-refractivity contribution in [3.8, 4) is 22.9 Å². The van der Waals surface area contributed by atoms with Crippen LogP contribution in [0.2, 0.25) is 0 Å². The van der Waals surface area contributed by atoms with Crippen LogP contribution in [0.3, 0.4) is 0 Å². The van der Waals surface area contributed by atoms with Gasteiger partial charge in [-0.3, -0.25) is 4.79 Å². The molecule has 7 nitrogen and oxygen atoms in total. The topological polar surface area (TPSA) is 111 Å². The number of para-hydroxylation sites is 1. The third kappa shape index (κ3) is 3.79. The van der Waals surface area contributed by atoms with Gasteiger partial charge in [-0.25, -0.2) is 10.4 Å². The summed E-state index contributed by atoms with van der Waals surface area (Å²) >= 11 is 0. The fourth-order valence-electron chi connectivity index (χ4n) is 2.94. The molecule has 1 aromatic heterocycles. The molecule has 0 saturated carbocycles. The fourth-order valence-corrected chi connectivity index (χ4v) is 2.94.